The van der Waals surface area contributed by atoms with Crippen LogP contribution in [-0.4, -0.2) is 47.8 Å². The van der Waals surface area contributed by atoms with E-state index in [-0.39, 0.29) is 17.7 Å². The number of rotatable bonds is 4. The predicted octanol–water partition coefficient (Wildman–Crippen LogP) is 2.00. The molecule has 0 bridgehead atoms. The molecule has 0 radical (unpaired) electrons. The number of hydrogen-bond donors (Lipinski definition) is 0. The molecule has 2 amide bonds. The van der Waals surface area contributed by atoms with Gasteiger partial charge >= 0.3 is 0 Å². The number of hydrogen-bond acceptors (Lipinski definition) is 3. The second kappa shape index (κ2) is 6.59. The van der Waals surface area contributed by atoms with Crippen molar-refractivity contribution in [2.45, 2.75) is 26.7 Å². The number of furan rings is 1. The molecular formula is C15H22N2O3. The van der Waals surface area contributed by atoms with Gasteiger partial charge in [-0.25, -0.2) is 0 Å². The van der Waals surface area contributed by atoms with Crippen LogP contribution in [0.25, 0.3) is 0 Å². The van der Waals surface area contributed by atoms with Crippen molar-refractivity contribution in [3.8, 4) is 0 Å². The summed E-state index contributed by atoms with van der Waals surface area (Å²) in [6, 6.07) is 3.39. The van der Waals surface area contributed by atoms with E-state index < -0.39 is 0 Å². The Labute approximate surface area is 119 Å². The van der Waals surface area contributed by atoms with Crippen LogP contribution in [0.4, 0.5) is 0 Å². The zero-order valence-corrected chi connectivity index (χ0v) is 12.2. The lowest BCUT2D eigenvalue weighted by Crippen LogP contribution is -2.44. The number of nitrogens with zero attached hydrogens (tertiary/aromatic N) is 2. The number of carbonyl (C=O) groups is 2. The highest BCUT2D eigenvalue weighted by Crippen LogP contribution is 2.21. The Kier molecular flexibility index (Phi) is 4.82. The zero-order valence-electron chi connectivity index (χ0n) is 12.2. The fraction of sp³-hybridized carbons (Fsp3) is 0.600. The molecule has 0 saturated carbocycles. The molecular weight excluding hydrogens is 256 g/mol. The summed E-state index contributed by atoms with van der Waals surface area (Å²) in [5.74, 6) is 0.568. The van der Waals surface area contributed by atoms with Crippen LogP contribution in [0.5, 0.6) is 0 Å². The van der Waals surface area contributed by atoms with Gasteiger partial charge in [-0.1, -0.05) is 0 Å². The van der Waals surface area contributed by atoms with Crippen molar-refractivity contribution in [2.24, 2.45) is 5.92 Å². The SMILES string of the molecule is CCN(CC)C(=O)C1CCN(C(=O)c2ccco2)CC1. The zero-order chi connectivity index (χ0) is 14.5. The van der Waals surface area contributed by atoms with Gasteiger partial charge in [0.2, 0.25) is 5.91 Å². The Balaban J connectivity index is 1.89. The standard InChI is InChI=1S/C15H22N2O3/c1-3-16(4-2)14(18)12-7-9-17(10-8-12)15(19)13-6-5-11-20-13/h5-6,11-12H,3-4,7-10H2,1-2H3. The molecule has 1 aromatic rings. The molecule has 5 heteroatoms. The predicted molar refractivity (Wildman–Crippen MR) is 75.3 cm³/mol. The van der Waals surface area contributed by atoms with Gasteiger partial charge in [-0.05, 0) is 38.8 Å². The molecule has 0 unspecified atom stereocenters. The molecule has 1 aliphatic rings. The van der Waals surface area contributed by atoms with Crippen LogP contribution in [0, 0.1) is 5.92 Å². The lowest BCUT2D eigenvalue weighted by atomic mass is 9.95. The van der Waals surface area contributed by atoms with Crippen LogP contribution in [0.2, 0.25) is 0 Å². The first-order valence-electron chi connectivity index (χ1n) is 7.28. The Bertz CT molecular complexity index is 444. The monoisotopic (exact) mass is 278 g/mol. The summed E-state index contributed by atoms with van der Waals surface area (Å²) in [5.41, 5.74) is 0. The summed E-state index contributed by atoms with van der Waals surface area (Å²) < 4.78 is 5.13. The van der Waals surface area contributed by atoms with Crippen LogP contribution in [0.1, 0.15) is 37.2 Å². The van der Waals surface area contributed by atoms with E-state index in [1.807, 2.05) is 18.7 Å². The third-order valence-electron chi connectivity index (χ3n) is 3.94. The summed E-state index contributed by atoms with van der Waals surface area (Å²) in [7, 11) is 0. The molecule has 0 aliphatic carbocycles. The number of likely N-dealkylation sites (tertiary alicyclic amines) is 1. The highest BCUT2D eigenvalue weighted by atomic mass is 16.3. The molecule has 1 saturated heterocycles. The first kappa shape index (κ1) is 14.6. The molecule has 2 heterocycles. The molecule has 0 aromatic carbocycles. The van der Waals surface area contributed by atoms with Crippen molar-refractivity contribution in [2.75, 3.05) is 26.2 Å². The molecule has 0 spiro atoms. The maximum Gasteiger partial charge on any atom is 0.289 e. The highest BCUT2D eigenvalue weighted by Gasteiger charge is 2.30. The Morgan fingerprint density at radius 3 is 2.45 bits per heavy atom. The average Bonchev–Trinajstić information content (AvgIpc) is 3.02. The van der Waals surface area contributed by atoms with E-state index in [1.54, 1.807) is 17.0 Å². The van der Waals surface area contributed by atoms with Gasteiger partial charge in [-0.2, -0.15) is 0 Å². The van der Waals surface area contributed by atoms with Crippen LogP contribution >= 0.6 is 0 Å². The van der Waals surface area contributed by atoms with Crippen LogP contribution in [0.3, 0.4) is 0 Å². The minimum atomic E-state index is -0.0799. The van der Waals surface area contributed by atoms with Gasteiger partial charge in [0.1, 0.15) is 0 Å². The van der Waals surface area contributed by atoms with Gasteiger partial charge in [-0.15, -0.1) is 0 Å². The van der Waals surface area contributed by atoms with Crippen molar-refractivity contribution in [3.05, 3.63) is 24.2 Å². The Morgan fingerprint density at radius 1 is 1.30 bits per heavy atom. The molecule has 5 nitrogen and oxygen atoms in total. The first-order chi connectivity index (χ1) is 9.67. The summed E-state index contributed by atoms with van der Waals surface area (Å²) >= 11 is 0. The van der Waals surface area contributed by atoms with E-state index in [0.29, 0.717) is 18.8 Å². The molecule has 2 rings (SSSR count). The van der Waals surface area contributed by atoms with Gasteiger partial charge in [0.15, 0.2) is 5.76 Å². The van der Waals surface area contributed by atoms with E-state index in [4.69, 9.17) is 4.42 Å². The van der Waals surface area contributed by atoms with Crippen molar-refractivity contribution < 1.29 is 14.0 Å². The molecule has 0 N–H and O–H groups in total. The second-order valence-corrected chi connectivity index (χ2v) is 5.05. The minimum absolute atomic E-state index is 0.0514. The number of carbonyl (C=O) groups excluding carboxylic acids is 2. The van der Waals surface area contributed by atoms with Crippen molar-refractivity contribution in [1.82, 2.24) is 9.80 Å². The van der Waals surface area contributed by atoms with Gasteiger partial charge in [0, 0.05) is 32.1 Å². The van der Waals surface area contributed by atoms with Crippen molar-refractivity contribution in [3.63, 3.8) is 0 Å². The quantitative estimate of drug-likeness (QED) is 0.846. The molecule has 20 heavy (non-hydrogen) atoms. The maximum atomic E-state index is 12.3. The van der Waals surface area contributed by atoms with E-state index in [9.17, 15) is 9.59 Å². The lowest BCUT2D eigenvalue weighted by Gasteiger charge is -2.33. The smallest absolute Gasteiger partial charge is 0.289 e. The van der Waals surface area contributed by atoms with Gasteiger partial charge in [-0.3, -0.25) is 9.59 Å². The van der Waals surface area contributed by atoms with Crippen LogP contribution in [-0.2, 0) is 4.79 Å². The summed E-state index contributed by atoms with van der Waals surface area (Å²) in [4.78, 5) is 28.0. The van der Waals surface area contributed by atoms with Crippen LogP contribution < -0.4 is 0 Å². The number of amides is 2. The second-order valence-electron chi connectivity index (χ2n) is 5.05. The Hall–Kier alpha value is -1.78. The molecule has 110 valence electrons. The van der Waals surface area contributed by atoms with E-state index >= 15 is 0 Å². The topological polar surface area (TPSA) is 53.8 Å². The lowest BCUT2D eigenvalue weighted by molar-refractivity contribution is -0.136. The van der Waals surface area contributed by atoms with Crippen molar-refractivity contribution >= 4 is 11.8 Å². The highest BCUT2D eigenvalue weighted by molar-refractivity contribution is 5.91. The third kappa shape index (κ3) is 3.03. The molecule has 1 aromatic heterocycles. The van der Waals surface area contributed by atoms with E-state index in [2.05, 4.69) is 0 Å². The summed E-state index contributed by atoms with van der Waals surface area (Å²) in [6.45, 7) is 6.74. The van der Waals surface area contributed by atoms with E-state index in [0.717, 1.165) is 25.9 Å². The fourth-order valence-corrected chi connectivity index (χ4v) is 2.68. The first-order valence-corrected chi connectivity index (χ1v) is 7.28. The fourth-order valence-electron chi connectivity index (χ4n) is 2.68. The van der Waals surface area contributed by atoms with Gasteiger partial charge in [0.05, 0.1) is 6.26 Å². The van der Waals surface area contributed by atoms with Crippen molar-refractivity contribution in [1.29, 1.82) is 0 Å². The third-order valence-corrected chi connectivity index (χ3v) is 3.94. The minimum Gasteiger partial charge on any atom is -0.459 e. The molecule has 1 aliphatic heterocycles. The summed E-state index contributed by atoms with van der Waals surface area (Å²) in [5, 5.41) is 0. The Morgan fingerprint density at radius 2 is 1.95 bits per heavy atom. The number of piperidine rings is 1. The summed E-state index contributed by atoms with van der Waals surface area (Å²) in [6.07, 6.45) is 2.98. The molecule has 1 fully saturated rings. The largest absolute Gasteiger partial charge is 0.459 e. The van der Waals surface area contributed by atoms with E-state index in [1.165, 1.54) is 6.26 Å². The van der Waals surface area contributed by atoms with Gasteiger partial charge in [0.25, 0.3) is 5.91 Å². The normalized spacial score (nSPS) is 16.2. The van der Waals surface area contributed by atoms with Crippen LogP contribution in [0.15, 0.2) is 22.8 Å². The van der Waals surface area contributed by atoms with Gasteiger partial charge < -0.3 is 14.2 Å². The average molecular weight is 278 g/mol. The maximum absolute atomic E-state index is 12.3. The molecule has 0 atom stereocenters.